The van der Waals surface area contributed by atoms with Gasteiger partial charge in [-0.3, -0.25) is 4.79 Å². The molecule has 4 nitrogen and oxygen atoms in total. The summed E-state index contributed by atoms with van der Waals surface area (Å²) in [6.07, 6.45) is 0. The van der Waals surface area contributed by atoms with Crippen molar-refractivity contribution in [3.63, 3.8) is 0 Å². The zero-order chi connectivity index (χ0) is 19.6. The Kier molecular flexibility index (Phi) is 5.28. The smallest absolute Gasteiger partial charge is 0.337 e. The average Bonchev–Trinajstić information content (AvgIpc) is 2.66. The van der Waals surface area contributed by atoms with Gasteiger partial charge in [-0.15, -0.1) is 0 Å². The molecule has 27 heavy (non-hydrogen) atoms. The summed E-state index contributed by atoms with van der Waals surface area (Å²) in [6.45, 7) is 1.85. The van der Waals surface area contributed by atoms with Crippen LogP contribution in [0, 0.1) is 6.92 Å². The molecule has 0 aliphatic heterocycles. The number of aryl methyl sites for hydroxylation is 1. The summed E-state index contributed by atoms with van der Waals surface area (Å²) in [4.78, 5) is 26.0. The first-order valence-electron chi connectivity index (χ1n) is 8.35. The summed E-state index contributed by atoms with van der Waals surface area (Å²) in [5.74, 6) is -1.42. The molecule has 0 saturated carbocycles. The number of rotatable bonds is 4. The fourth-order valence-electron chi connectivity index (χ4n) is 2.96. The van der Waals surface area contributed by atoms with E-state index in [1.807, 2.05) is 37.3 Å². The van der Waals surface area contributed by atoms with E-state index >= 15 is 0 Å². The highest BCUT2D eigenvalue weighted by Crippen LogP contribution is 2.29. The predicted octanol–water partition coefficient (Wildman–Crippen LogP) is 5.29. The zero-order valence-electron chi connectivity index (χ0n) is 14.9. The number of hydrogen-bond donors (Lipinski definition) is 1. The van der Waals surface area contributed by atoms with Crippen molar-refractivity contribution in [3.8, 4) is 11.1 Å². The Morgan fingerprint density at radius 1 is 0.926 bits per heavy atom. The SMILES string of the molecule is Cc1cc(Cl)cc(C(=O)N(C)c2cc(-c3ccccc3)ccc2C(=O)O)c1. The Bertz CT molecular complexity index is 995. The Labute approximate surface area is 162 Å². The van der Waals surface area contributed by atoms with Gasteiger partial charge in [-0.25, -0.2) is 4.79 Å². The largest absolute Gasteiger partial charge is 0.478 e. The van der Waals surface area contributed by atoms with Gasteiger partial charge >= 0.3 is 5.97 Å². The fourth-order valence-corrected chi connectivity index (χ4v) is 3.25. The maximum Gasteiger partial charge on any atom is 0.337 e. The van der Waals surface area contributed by atoms with Crippen molar-refractivity contribution in [1.82, 2.24) is 0 Å². The topological polar surface area (TPSA) is 57.6 Å². The third-order valence-corrected chi connectivity index (χ3v) is 4.51. The normalized spacial score (nSPS) is 10.5. The molecule has 0 aliphatic carbocycles. The number of anilines is 1. The molecule has 5 heteroatoms. The summed E-state index contributed by atoms with van der Waals surface area (Å²) in [7, 11) is 1.56. The number of carbonyl (C=O) groups is 2. The predicted molar refractivity (Wildman–Crippen MR) is 108 cm³/mol. The van der Waals surface area contributed by atoms with Crippen LogP contribution in [-0.2, 0) is 0 Å². The minimum absolute atomic E-state index is 0.0595. The van der Waals surface area contributed by atoms with Gasteiger partial charge in [-0.2, -0.15) is 0 Å². The van der Waals surface area contributed by atoms with Gasteiger partial charge in [-0.05, 0) is 53.9 Å². The molecule has 0 spiro atoms. The van der Waals surface area contributed by atoms with E-state index in [0.29, 0.717) is 16.3 Å². The van der Waals surface area contributed by atoms with Crippen LogP contribution in [0.1, 0.15) is 26.3 Å². The highest BCUT2D eigenvalue weighted by Gasteiger charge is 2.21. The van der Waals surface area contributed by atoms with Crippen LogP contribution in [0.3, 0.4) is 0 Å². The lowest BCUT2D eigenvalue weighted by molar-refractivity contribution is 0.0697. The van der Waals surface area contributed by atoms with E-state index in [2.05, 4.69) is 0 Å². The van der Waals surface area contributed by atoms with Crippen LogP contribution in [0.4, 0.5) is 5.69 Å². The molecule has 3 rings (SSSR count). The standard InChI is InChI=1S/C22H18ClNO3/c1-14-10-17(12-18(23)11-14)21(25)24(2)20-13-16(8-9-19(20)22(26)27)15-6-4-3-5-7-15/h3-13H,1-2H3,(H,26,27). The molecule has 3 aromatic rings. The summed E-state index contributed by atoms with van der Waals surface area (Å²) in [5.41, 5.74) is 3.42. The number of carbonyl (C=O) groups excluding carboxylic acids is 1. The molecule has 0 radical (unpaired) electrons. The van der Waals surface area contributed by atoms with Gasteiger partial charge in [0.1, 0.15) is 0 Å². The first-order chi connectivity index (χ1) is 12.9. The van der Waals surface area contributed by atoms with Gasteiger partial charge in [-0.1, -0.05) is 48.0 Å². The van der Waals surface area contributed by atoms with E-state index in [4.69, 9.17) is 11.6 Å². The molecule has 1 N–H and O–H groups in total. The number of amides is 1. The highest BCUT2D eigenvalue weighted by molar-refractivity contribution is 6.31. The number of halogens is 1. The minimum atomic E-state index is -1.09. The van der Waals surface area contributed by atoms with Crippen LogP contribution in [0.5, 0.6) is 0 Å². The monoisotopic (exact) mass is 379 g/mol. The average molecular weight is 380 g/mol. The van der Waals surface area contributed by atoms with Crippen LogP contribution >= 0.6 is 11.6 Å². The number of nitrogens with zero attached hydrogens (tertiary/aromatic N) is 1. The summed E-state index contributed by atoms with van der Waals surface area (Å²) in [5, 5.41) is 10.0. The Balaban J connectivity index is 2.07. The van der Waals surface area contributed by atoms with Gasteiger partial charge in [0, 0.05) is 17.6 Å². The van der Waals surface area contributed by atoms with Crippen molar-refractivity contribution < 1.29 is 14.7 Å². The van der Waals surface area contributed by atoms with Crippen molar-refractivity contribution >= 4 is 29.2 Å². The Morgan fingerprint density at radius 3 is 2.26 bits per heavy atom. The van der Waals surface area contributed by atoms with E-state index in [-0.39, 0.29) is 11.5 Å². The van der Waals surface area contributed by atoms with E-state index in [9.17, 15) is 14.7 Å². The zero-order valence-corrected chi connectivity index (χ0v) is 15.7. The van der Waals surface area contributed by atoms with E-state index in [1.54, 1.807) is 37.4 Å². The second kappa shape index (κ2) is 7.64. The molecule has 3 aromatic carbocycles. The van der Waals surface area contributed by atoms with Gasteiger partial charge in [0.2, 0.25) is 0 Å². The van der Waals surface area contributed by atoms with Gasteiger partial charge in [0.25, 0.3) is 5.91 Å². The number of aromatic carboxylic acids is 1. The maximum atomic E-state index is 12.9. The molecular weight excluding hydrogens is 362 g/mol. The number of carboxylic acids is 1. The molecule has 0 atom stereocenters. The van der Waals surface area contributed by atoms with Crippen molar-refractivity contribution in [2.45, 2.75) is 6.92 Å². The molecule has 0 aliphatic rings. The lowest BCUT2D eigenvalue weighted by Crippen LogP contribution is -2.28. The van der Waals surface area contributed by atoms with E-state index < -0.39 is 5.97 Å². The van der Waals surface area contributed by atoms with Gasteiger partial charge in [0.05, 0.1) is 11.3 Å². The van der Waals surface area contributed by atoms with Gasteiger partial charge < -0.3 is 10.0 Å². The van der Waals surface area contributed by atoms with Crippen LogP contribution in [-0.4, -0.2) is 24.0 Å². The number of benzene rings is 3. The maximum absolute atomic E-state index is 12.9. The van der Waals surface area contributed by atoms with Crippen LogP contribution in [0.2, 0.25) is 5.02 Å². The molecule has 0 heterocycles. The second-order valence-corrected chi connectivity index (χ2v) is 6.72. The molecule has 0 bridgehead atoms. The molecule has 0 fully saturated rings. The first-order valence-corrected chi connectivity index (χ1v) is 8.72. The number of carboxylic acid groups (broad SMARTS) is 1. The molecule has 0 unspecified atom stereocenters. The van der Waals surface area contributed by atoms with E-state index in [1.165, 1.54) is 11.0 Å². The van der Waals surface area contributed by atoms with Crippen molar-refractivity contribution in [2.75, 3.05) is 11.9 Å². The van der Waals surface area contributed by atoms with Crippen molar-refractivity contribution in [1.29, 1.82) is 0 Å². The summed E-state index contributed by atoms with van der Waals surface area (Å²) < 4.78 is 0. The van der Waals surface area contributed by atoms with Crippen LogP contribution in [0.25, 0.3) is 11.1 Å². The molecule has 1 amide bonds. The number of hydrogen-bond acceptors (Lipinski definition) is 2. The van der Waals surface area contributed by atoms with Gasteiger partial charge in [0.15, 0.2) is 0 Å². The Morgan fingerprint density at radius 2 is 1.63 bits per heavy atom. The van der Waals surface area contributed by atoms with E-state index in [0.717, 1.165) is 16.7 Å². The van der Waals surface area contributed by atoms with Crippen molar-refractivity contribution in [2.24, 2.45) is 0 Å². The molecule has 0 saturated heterocycles. The minimum Gasteiger partial charge on any atom is -0.478 e. The van der Waals surface area contributed by atoms with Crippen molar-refractivity contribution in [3.05, 3.63) is 88.4 Å². The first kappa shape index (κ1) is 18.7. The third-order valence-electron chi connectivity index (χ3n) is 4.29. The molecule has 136 valence electrons. The summed E-state index contributed by atoms with van der Waals surface area (Å²) in [6, 6.07) is 19.6. The third kappa shape index (κ3) is 4.01. The van der Waals surface area contributed by atoms with Crippen LogP contribution < -0.4 is 4.90 Å². The summed E-state index contributed by atoms with van der Waals surface area (Å²) >= 11 is 6.07. The molecular formula is C22H18ClNO3. The lowest BCUT2D eigenvalue weighted by Gasteiger charge is -2.21. The van der Waals surface area contributed by atoms with Crippen LogP contribution in [0.15, 0.2) is 66.7 Å². The highest BCUT2D eigenvalue weighted by atomic mass is 35.5. The lowest BCUT2D eigenvalue weighted by atomic mass is 10.0. The Hall–Kier alpha value is -3.11. The quantitative estimate of drug-likeness (QED) is 0.670. The molecule has 0 aromatic heterocycles. The fraction of sp³-hybridized carbons (Fsp3) is 0.0909. The second-order valence-electron chi connectivity index (χ2n) is 6.28.